The van der Waals surface area contributed by atoms with Gasteiger partial charge in [-0.05, 0) is 111 Å². The van der Waals surface area contributed by atoms with Crippen LogP contribution in [0.25, 0.3) is 38.7 Å². The Morgan fingerprint density at radius 3 is 1.80 bits per heavy atom. The van der Waals surface area contributed by atoms with Gasteiger partial charge < -0.3 is 15.5 Å². The Bertz CT molecular complexity index is 2600. The van der Waals surface area contributed by atoms with Crippen LogP contribution in [0.2, 0.25) is 39.3 Å². The van der Waals surface area contributed by atoms with Gasteiger partial charge in [-0.3, -0.25) is 0 Å². The maximum Gasteiger partial charge on any atom is 0.0794 e. The molecule has 6 aromatic carbocycles. The van der Waals surface area contributed by atoms with E-state index in [4.69, 9.17) is 0 Å². The lowest BCUT2D eigenvalue weighted by atomic mass is 9.93. The van der Waals surface area contributed by atoms with Crippen molar-refractivity contribution in [2.75, 3.05) is 11.4 Å². The molecule has 2 heterocycles. The molecular formula is C54H59N3Si2. The minimum Gasteiger partial charge on any atom is -0.381 e. The summed E-state index contributed by atoms with van der Waals surface area (Å²) < 4.78 is 0. The number of hydrogen-bond donors (Lipinski definition) is 2. The van der Waals surface area contributed by atoms with E-state index in [1.54, 1.807) is 0 Å². The molecule has 0 aliphatic carbocycles. The number of anilines is 3. The molecule has 0 amide bonds. The van der Waals surface area contributed by atoms with Gasteiger partial charge in [0.15, 0.2) is 0 Å². The number of nitrogens with zero attached hydrogens (tertiary/aromatic N) is 1. The van der Waals surface area contributed by atoms with Crippen molar-refractivity contribution in [3.8, 4) is 22.3 Å². The number of dihydropyridines is 2. The van der Waals surface area contributed by atoms with Crippen LogP contribution >= 0.6 is 0 Å². The first kappa shape index (κ1) is 40.2. The van der Waals surface area contributed by atoms with Gasteiger partial charge in [0.1, 0.15) is 0 Å². The van der Waals surface area contributed by atoms with Gasteiger partial charge in [0.25, 0.3) is 0 Å². The van der Waals surface area contributed by atoms with Crippen molar-refractivity contribution in [3.05, 3.63) is 191 Å². The molecule has 0 saturated heterocycles. The molecular weight excluding hydrogens is 747 g/mol. The predicted octanol–water partition coefficient (Wildman–Crippen LogP) is 14.6. The van der Waals surface area contributed by atoms with Crippen molar-refractivity contribution in [2.24, 2.45) is 5.92 Å². The smallest absolute Gasteiger partial charge is 0.0794 e. The molecule has 2 aliphatic rings. The molecule has 5 heteroatoms. The van der Waals surface area contributed by atoms with Crippen LogP contribution in [0.3, 0.4) is 0 Å². The van der Waals surface area contributed by atoms with E-state index in [9.17, 15) is 0 Å². The van der Waals surface area contributed by atoms with Gasteiger partial charge in [-0.2, -0.15) is 0 Å². The fourth-order valence-corrected chi connectivity index (χ4v) is 10.7. The van der Waals surface area contributed by atoms with E-state index < -0.39 is 16.1 Å². The number of allylic oxidation sites excluding steroid dienone is 4. The average molecular weight is 806 g/mol. The molecule has 298 valence electrons. The Kier molecular flexibility index (Phi) is 11.3. The minimum atomic E-state index is -1.48. The predicted molar refractivity (Wildman–Crippen MR) is 262 cm³/mol. The molecule has 0 fully saturated rings. The molecule has 2 N–H and O–H groups in total. The number of benzene rings is 6. The summed E-state index contributed by atoms with van der Waals surface area (Å²) in [5.74, 6) is 0.550. The first-order valence-electron chi connectivity index (χ1n) is 21.3. The van der Waals surface area contributed by atoms with E-state index in [2.05, 4.69) is 233 Å². The molecule has 59 heavy (non-hydrogen) atoms. The third-order valence-electron chi connectivity index (χ3n) is 11.8. The highest BCUT2D eigenvalue weighted by atomic mass is 28.3. The molecule has 0 aromatic heterocycles. The highest BCUT2D eigenvalue weighted by Gasteiger charge is 2.26. The van der Waals surface area contributed by atoms with Gasteiger partial charge in [-0.15, -0.1) is 0 Å². The number of nitrogens with one attached hydrogen (secondary N) is 2. The van der Waals surface area contributed by atoms with Crippen LogP contribution in [-0.4, -0.2) is 22.7 Å². The Morgan fingerprint density at radius 1 is 0.610 bits per heavy atom. The molecule has 0 spiro atoms. The van der Waals surface area contributed by atoms with Crippen LogP contribution < -0.4 is 15.5 Å². The topological polar surface area (TPSA) is 27.3 Å². The fourth-order valence-electron chi connectivity index (χ4n) is 8.38. The molecule has 0 bridgehead atoms. The van der Waals surface area contributed by atoms with Crippen LogP contribution in [0.5, 0.6) is 0 Å². The molecule has 2 aliphatic heterocycles. The Balaban J connectivity index is 1.40. The summed E-state index contributed by atoms with van der Waals surface area (Å²) in [6, 6.07) is 49.8. The molecule has 0 saturated carbocycles. The monoisotopic (exact) mass is 805 g/mol. The summed E-state index contributed by atoms with van der Waals surface area (Å²) in [6.07, 6.45) is 12.7. The molecule has 3 nitrogen and oxygen atoms in total. The second kappa shape index (κ2) is 16.6. The van der Waals surface area contributed by atoms with Crippen LogP contribution in [0.15, 0.2) is 174 Å². The minimum absolute atomic E-state index is 0.0414. The Morgan fingerprint density at radius 2 is 1.22 bits per heavy atom. The van der Waals surface area contributed by atoms with E-state index in [-0.39, 0.29) is 6.04 Å². The van der Waals surface area contributed by atoms with E-state index in [1.165, 1.54) is 65.8 Å². The summed E-state index contributed by atoms with van der Waals surface area (Å²) >= 11 is 0. The lowest BCUT2D eigenvalue weighted by Crippen LogP contribution is -2.33. The second-order valence-electron chi connectivity index (χ2n) is 18.8. The van der Waals surface area contributed by atoms with Crippen molar-refractivity contribution in [1.82, 2.24) is 10.6 Å². The van der Waals surface area contributed by atoms with Crippen molar-refractivity contribution >= 4 is 49.7 Å². The van der Waals surface area contributed by atoms with Crippen LogP contribution in [0.4, 0.5) is 17.1 Å². The quantitative estimate of drug-likeness (QED) is 0.128. The average Bonchev–Trinajstić information content (AvgIpc) is 3.24. The maximum absolute atomic E-state index is 3.86. The molecule has 8 rings (SSSR count). The fraction of sp³-hybridized carbons (Fsp3) is 0.222. The molecule has 6 aromatic rings. The van der Waals surface area contributed by atoms with E-state index in [0.717, 1.165) is 30.0 Å². The third kappa shape index (κ3) is 8.87. The number of rotatable bonds is 11. The number of fused-ring (bicyclic) bond motifs is 1. The normalized spacial score (nSPS) is 15.6. The van der Waals surface area contributed by atoms with Crippen molar-refractivity contribution in [2.45, 2.75) is 65.6 Å². The van der Waals surface area contributed by atoms with E-state index >= 15 is 0 Å². The van der Waals surface area contributed by atoms with E-state index in [0.29, 0.717) is 5.92 Å². The SMILES string of the molecule is CC(C)Cc1ccc(N(c2cc(C3=CC=C([Si](C)(C)C)CN3)cc(-c3ccccc3)c2)c2cc(-c3ccccc3)cc(C3C=CC([Si](C)(C)C)=CN3)c2)c2ccccc12. The first-order chi connectivity index (χ1) is 28.3. The first-order valence-corrected chi connectivity index (χ1v) is 28.3. The third-order valence-corrected chi connectivity index (χ3v) is 16.1. The number of hydrogen-bond acceptors (Lipinski definition) is 3. The summed E-state index contributed by atoms with van der Waals surface area (Å²) in [5.41, 5.74) is 13.1. The van der Waals surface area contributed by atoms with Gasteiger partial charge in [0, 0.05) is 34.6 Å². The zero-order valence-corrected chi connectivity index (χ0v) is 38.1. The lowest BCUT2D eigenvalue weighted by Gasteiger charge is -2.31. The van der Waals surface area contributed by atoms with Gasteiger partial charge in [-0.1, -0.05) is 168 Å². The maximum atomic E-state index is 3.86. The molecule has 1 atom stereocenters. The zero-order chi connectivity index (χ0) is 41.3. The summed E-state index contributed by atoms with van der Waals surface area (Å²) in [5, 5.41) is 13.2. The summed E-state index contributed by atoms with van der Waals surface area (Å²) in [4.78, 5) is 2.52. The largest absolute Gasteiger partial charge is 0.381 e. The zero-order valence-electron chi connectivity index (χ0n) is 36.1. The van der Waals surface area contributed by atoms with Crippen molar-refractivity contribution in [3.63, 3.8) is 0 Å². The summed E-state index contributed by atoms with van der Waals surface area (Å²) in [7, 11) is -2.92. The van der Waals surface area contributed by atoms with E-state index in [1.807, 2.05) is 0 Å². The van der Waals surface area contributed by atoms with Crippen molar-refractivity contribution in [1.29, 1.82) is 0 Å². The van der Waals surface area contributed by atoms with Gasteiger partial charge in [0.2, 0.25) is 0 Å². The van der Waals surface area contributed by atoms with Gasteiger partial charge in [0.05, 0.1) is 27.9 Å². The standard InChI is InChI=1S/C54H59N3Si2/c1-38(2)29-41-23-28-54(51-22-16-15-21-50(41)51)57(46-32-42(39-17-11-9-12-18-39)30-44(34-46)52-26-24-48(36-55-52)58(3,4)5)47-33-43(40-19-13-10-14-20-40)31-45(35-47)53-27-25-49(37-56-53)59(6,7)8/h9-28,30-36,38,52,55-56H,29,37H2,1-8H3. The highest BCUT2D eigenvalue weighted by molar-refractivity contribution is 6.84. The van der Waals surface area contributed by atoms with Gasteiger partial charge in [-0.25, -0.2) is 0 Å². The Hall–Kier alpha value is -5.63. The van der Waals surface area contributed by atoms with Crippen molar-refractivity contribution < 1.29 is 0 Å². The second-order valence-corrected chi connectivity index (χ2v) is 29.0. The molecule has 0 radical (unpaired) electrons. The Labute approximate surface area is 354 Å². The van der Waals surface area contributed by atoms with Crippen LogP contribution in [0, 0.1) is 5.92 Å². The highest BCUT2D eigenvalue weighted by Crippen LogP contribution is 2.45. The van der Waals surface area contributed by atoms with Crippen LogP contribution in [-0.2, 0) is 6.42 Å². The lowest BCUT2D eigenvalue weighted by molar-refractivity contribution is 0.650. The summed E-state index contributed by atoms with van der Waals surface area (Å²) in [6.45, 7) is 20.0. The van der Waals surface area contributed by atoms with Gasteiger partial charge >= 0.3 is 0 Å². The van der Waals surface area contributed by atoms with Crippen LogP contribution in [0.1, 0.15) is 36.6 Å². The molecule has 1 unspecified atom stereocenters.